The maximum absolute atomic E-state index is 12.1. The molecule has 2 rings (SSSR count). The van der Waals surface area contributed by atoms with Crippen LogP contribution < -0.4 is 10.6 Å². The van der Waals surface area contributed by atoms with E-state index in [0.29, 0.717) is 11.4 Å². The molecule has 6 heteroatoms. The van der Waals surface area contributed by atoms with Gasteiger partial charge in [-0.1, -0.05) is 13.3 Å². The Kier molecular flexibility index (Phi) is 6.73. The number of aromatic nitrogens is 1. The van der Waals surface area contributed by atoms with E-state index in [2.05, 4.69) is 27.4 Å². The summed E-state index contributed by atoms with van der Waals surface area (Å²) >= 11 is 0. The summed E-state index contributed by atoms with van der Waals surface area (Å²) in [6.45, 7) is 8.97. The van der Waals surface area contributed by atoms with Crippen LogP contribution in [0, 0.1) is 13.8 Å². The Labute approximate surface area is 144 Å². The molecule has 1 saturated heterocycles. The number of hydrogen-bond donors (Lipinski definition) is 2. The Morgan fingerprint density at radius 3 is 2.54 bits per heavy atom. The number of aryl methyl sites for hydroxylation is 2. The van der Waals surface area contributed by atoms with Gasteiger partial charge in [0, 0.05) is 24.8 Å². The largest absolute Gasteiger partial charge is 0.345 e. The van der Waals surface area contributed by atoms with E-state index >= 15 is 0 Å². The van der Waals surface area contributed by atoms with Gasteiger partial charge in [-0.05, 0) is 51.8 Å². The second kappa shape index (κ2) is 8.78. The number of amides is 2. The van der Waals surface area contributed by atoms with Gasteiger partial charge in [-0.3, -0.25) is 14.6 Å². The quantitative estimate of drug-likeness (QED) is 0.809. The van der Waals surface area contributed by atoms with Gasteiger partial charge in [0.2, 0.25) is 0 Å². The van der Waals surface area contributed by atoms with Gasteiger partial charge < -0.3 is 15.5 Å². The number of hydrogen-bond acceptors (Lipinski definition) is 4. The highest BCUT2D eigenvalue weighted by Crippen LogP contribution is 2.13. The lowest BCUT2D eigenvalue weighted by molar-refractivity contribution is -0.136. The maximum Gasteiger partial charge on any atom is 0.313 e. The molecule has 1 aromatic heterocycles. The Morgan fingerprint density at radius 1 is 1.21 bits per heavy atom. The van der Waals surface area contributed by atoms with Crippen LogP contribution in [0.2, 0.25) is 0 Å². The molecule has 0 radical (unpaired) electrons. The minimum atomic E-state index is -0.628. The van der Waals surface area contributed by atoms with Crippen molar-refractivity contribution in [3.05, 3.63) is 23.5 Å². The van der Waals surface area contributed by atoms with Crippen LogP contribution in [0.5, 0.6) is 0 Å². The van der Waals surface area contributed by atoms with Gasteiger partial charge in [-0.15, -0.1) is 0 Å². The number of nitrogens with zero attached hydrogens (tertiary/aromatic N) is 2. The fourth-order valence-corrected chi connectivity index (χ4v) is 2.93. The number of unbranched alkanes of at least 4 members (excludes halogenated alkanes) is 1. The average molecular weight is 332 g/mol. The Bertz CT molecular complexity index is 580. The molecule has 1 aliphatic heterocycles. The standard InChI is InChI=1S/C18H28N4O2/c1-4-5-10-22-11-8-15(9-12-22)20-17(23)18(24)21-16-7-6-13(2)19-14(16)3/h6-7,15H,4-5,8-12H2,1-3H3,(H,20,23)(H,21,24). The van der Waals surface area contributed by atoms with Crippen LogP contribution in [0.4, 0.5) is 5.69 Å². The van der Waals surface area contributed by atoms with Crippen LogP contribution in [-0.4, -0.2) is 47.4 Å². The average Bonchev–Trinajstić information content (AvgIpc) is 2.56. The summed E-state index contributed by atoms with van der Waals surface area (Å²) in [7, 11) is 0. The maximum atomic E-state index is 12.1. The summed E-state index contributed by atoms with van der Waals surface area (Å²) in [5.41, 5.74) is 2.17. The van der Waals surface area contributed by atoms with Crippen LogP contribution >= 0.6 is 0 Å². The first-order valence-corrected chi connectivity index (χ1v) is 8.78. The summed E-state index contributed by atoms with van der Waals surface area (Å²) in [5.74, 6) is -1.20. The Morgan fingerprint density at radius 2 is 1.92 bits per heavy atom. The molecular formula is C18H28N4O2. The molecular weight excluding hydrogens is 304 g/mol. The third-order valence-electron chi connectivity index (χ3n) is 4.43. The molecule has 1 fully saturated rings. The topological polar surface area (TPSA) is 74.3 Å². The number of carbonyl (C=O) groups is 2. The molecule has 0 bridgehead atoms. The molecule has 1 aliphatic rings. The summed E-state index contributed by atoms with van der Waals surface area (Å²) in [6, 6.07) is 3.67. The van der Waals surface area contributed by atoms with E-state index in [1.807, 2.05) is 19.9 Å². The van der Waals surface area contributed by atoms with Crippen molar-refractivity contribution in [3.63, 3.8) is 0 Å². The molecule has 2 N–H and O–H groups in total. The molecule has 0 spiro atoms. The highest BCUT2D eigenvalue weighted by atomic mass is 16.2. The summed E-state index contributed by atoms with van der Waals surface area (Å²) in [5, 5.41) is 5.49. The predicted molar refractivity (Wildman–Crippen MR) is 94.9 cm³/mol. The molecule has 24 heavy (non-hydrogen) atoms. The Hall–Kier alpha value is -1.95. The summed E-state index contributed by atoms with van der Waals surface area (Å²) in [6.07, 6.45) is 4.20. The van der Waals surface area contributed by atoms with E-state index in [0.717, 1.165) is 38.2 Å². The van der Waals surface area contributed by atoms with Crippen molar-refractivity contribution in [2.75, 3.05) is 25.0 Å². The van der Waals surface area contributed by atoms with Crippen molar-refractivity contribution in [1.29, 1.82) is 0 Å². The smallest absolute Gasteiger partial charge is 0.313 e. The molecule has 0 aromatic carbocycles. The zero-order valence-electron chi connectivity index (χ0n) is 14.9. The number of anilines is 1. The number of carbonyl (C=O) groups excluding carboxylic acids is 2. The predicted octanol–water partition coefficient (Wildman–Crippen LogP) is 2.02. The van der Waals surface area contributed by atoms with Gasteiger partial charge in [0.05, 0.1) is 11.4 Å². The van der Waals surface area contributed by atoms with E-state index in [1.54, 1.807) is 6.07 Å². The highest BCUT2D eigenvalue weighted by molar-refractivity contribution is 6.39. The molecule has 132 valence electrons. The zero-order valence-corrected chi connectivity index (χ0v) is 14.9. The van der Waals surface area contributed by atoms with E-state index < -0.39 is 11.8 Å². The van der Waals surface area contributed by atoms with E-state index in [-0.39, 0.29) is 6.04 Å². The van der Waals surface area contributed by atoms with E-state index in [9.17, 15) is 9.59 Å². The monoisotopic (exact) mass is 332 g/mol. The van der Waals surface area contributed by atoms with Crippen molar-refractivity contribution >= 4 is 17.5 Å². The zero-order chi connectivity index (χ0) is 17.5. The summed E-state index contributed by atoms with van der Waals surface area (Å²) in [4.78, 5) is 30.9. The fraction of sp³-hybridized carbons (Fsp3) is 0.611. The van der Waals surface area contributed by atoms with Crippen molar-refractivity contribution < 1.29 is 9.59 Å². The first kappa shape index (κ1) is 18.4. The molecule has 0 saturated carbocycles. The number of pyridine rings is 1. The number of piperidine rings is 1. The van der Waals surface area contributed by atoms with E-state index in [1.165, 1.54) is 12.8 Å². The van der Waals surface area contributed by atoms with Gasteiger partial charge in [-0.2, -0.15) is 0 Å². The van der Waals surface area contributed by atoms with Crippen LogP contribution in [0.15, 0.2) is 12.1 Å². The molecule has 0 aliphatic carbocycles. The molecule has 2 amide bonds. The van der Waals surface area contributed by atoms with Crippen LogP contribution in [0.1, 0.15) is 44.0 Å². The second-order valence-corrected chi connectivity index (χ2v) is 6.48. The minimum absolute atomic E-state index is 0.0818. The van der Waals surface area contributed by atoms with Gasteiger partial charge in [-0.25, -0.2) is 0 Å². The van der Waals surface area contributed by atoms with Crippen molar-refractivity contribution in [1.82, 2.24) is 15.2 Å². The normalized spacial score (nSPS) is 16.0. The molecule has 0 atom stereocenters. The third-order valence-corrected chi connectivity index (χ3v) is 4.43. The molecule has 1 aromatic rings. The third kappa shape index (κ3) is 5.30. The number of rotatable bonds is 5. The van der Waals surface area contributed by atoms with Crippen LogP contribution in [0.3, 0.4) is 0 Å². The van der Waals surface area contributed by atoms with Gasteiger partial charge in [0.1, 0.15) is 0 Å². The van der Waals surface area contributed by atoms with Crippen LogP contribution in [-0.2, 0) is 9.59 Å². The lowest BCUT2D eigenvalue weighted by Gasteiger charge is -2.32. The van der Waals surface area contributed by atoms with Crippen molar-refractivity contribution in [2.24, 2.45) is 0 Å². The van der Waals surface area contributed by atoms with Crippen molar-refractivity contribution in [3.8, 4) is 0 Å². The lowest BCUT2D eigenvalue weighted by atomic mass is 10.0. The minimum Gasteiger partial charge on any atom is -0.345 e. The molecule has 6 nitrogen and oxygen atoms in total. The van der Waals surface area contributed by atoms with Crippen LogP contribution in [0.25, 0.3) is 0 Å². The number of likely N-dealkylation sites (tertiary alicyclic amines) is 1. The fourth-order valence-electron chi connectivity index (χ4n) is 2.93. The first-order valence-electron chi connectivity index (χ1n) is 8.78. The second-order valence-electron chi connectivity index (χ2n) is 6.48. The Balaban J connectivity index is 1.79. The lowest BCUT2D eigenvalue weighted by Crippen LogP contribution is -2.47. The highest BCUT2D eigenvalue weighted by Gasteiger charge is 2.23. The van der Waals surface area contributed by atoms with Gasteiger partial charge in [0.15, 0.2) is 0 Å². The van der Waals surface area contributed by atoms with Crippen molar-refractivity contribution in [2.45, 2.75) is 52.5 Å². The summed E-state index contributed by atoms with van der Waals surface area (Å²) < 4.78 is 0. The number of nitrogens with one attached hydrogen (secondary N) is 2. The van der Waals surface area contributed by atoms with Gasteiger partial charge in [0.25, 0.3) is 0 Å². The van der Waals surface area contributed by atoms with E-state index in [4.69, 9.17) is 0 Å². The molecule has 2 heterocycles. The van der Waals surface area contributed by atoms with Gasteiger partial charge >= 0.3 is 11.8 Å². The SMILES string of the molecule is CCCCN1CCC(NC(=O)C(=O)Nc2ccc(C)nc2C)CC1. The first-order chi connectivity index (χ1) is 11.5. The molecule has 0 unspecified atom stereocenters.